The smallest absolute Gasteiger partial charge is 0.314 e. The van der Waals surface area contributed by atoms with E-state index in [1.54, 1.807) is 6.08 Å². The SMILES string of the molecule is CCc1ccc(OC(=O)[C@H]2CC[C@H](C=CC=CC#N)CC2)cc1. The van der Waals surface area contributed by atoms with Gasteiger partial charge in [-0.15, -0.1) is 0 Å². The molecule has 2 rings (SSSR count). The molecule has 1 saturated carbocycles. The number of nitrogens with zero attached hydrogens (tertiary/aromatic N) is 1. The molecule has 0 radical (unpaired) electrons. The molecule has 1 aromatic carbocycles. The molecule has 1 fully saturated rings. The molecule has 0 spiro atoms. The number of hydrogen-bond donors (Lipinski definition) is 0. The number of benzene rings is 1. The third kappa shape index (κ3) is 5.41. The number of ether oxygens (including phenoxy) is 1. The predicted octanol–water partition coefficient (Wildman–Crippen LogP) is 4.60. The predicted molar refractivity (Wildman–Crippen MR) is 90.8 cm³/mol. The second-order valence-electron chi connectivity index (χ2n) is 5.90. The van der Waals surface area contributed by atoms with Gasteiger partial charge in [-0.2, -0.15) is 5.26 Å². The topological polar surface area (TPSA) is 50.1 Å². The summed E-state index contributed by atoms with van der Waals surface area (Å²) in [5, 5.41) is 8.43. The maximum Gasteiger partial charge on any atom is 0.314 e. The monoisotopic (exact) mass is 309 g/mol. The van der Waals surface area contributed by atoms with Crippen molar-refractivity contribution in [2.45, 2.75) is 39.0 Å². The highest BCUT2D eigenvalue weighted by Crippen LogP contribution is 2.30. The summed E-state index contributed by atoms with van der Waals surface area (Å²) in [6.45, 7) is 2.10. The van der Waals surface area contributed by atoms with E-state index in [2.05, 4.69) is 13.0 Å². The van der Waals surface area contributed by atoms with Crippen molar-refractivity contribution >= 4 is 5.97 Å². The largest absolute Gasteiger partial charge is 0.426 e. The Hall–Kier alpha value is -2.34. The minimum atomic E-state index is -0.110. The van der Waals surface area contributed by atoms with Crippen molar-refractivity contribution in [3.8, 4) is 11.8 Å². The van der Waals surface area contributed by atoms with Gasteiger partial charge in [-0.3, -0.25) is 4.79 Å². The number of carbonyl (C=O) groups excluding carboxylic acids is 1. The lowest BCUT2D eigenvalue weighted by atomic mass is 9.82. The average Bonchev–Trinajstić information content (AvgIpc) is 2.60. The lowest BCUT2D eigenvalue weighted by Gasteiger charge is -2.25. The molecule has 0 aromatic heterocycles. The molecule has 0 atom stereocenters. The Morgan fingerprint density at radius 2 is 1.91 bits per heavy atom. The Bertz CT molecular complexity index is 600. The lowest BCUT2D eigenvalue weighted by Crippen LogP contribution is -2.25. The number of carbonyl (C=O) groups is 1. The molecule has 0 unspecified atom stereocenters. The third-order valence-corrected chi connectivity index (χ3v) is 4.32. The van der Waals surface area contributed by atoms with Crippen molar-refractivity contribution in [3.63, 3.8) is 0 Å². The van der Waals surface area contributed by atoms with Gasteiger partial charge in [0.15, 0.2) is 0 Å². The zero-order valence-electron chi connectivity index (χ0n) is 13.6. The fourth-order valence-electron chi connectivity index (χ4n) is 2.86. The van der Waals surface area contributed by atoms with E-state index in [0.29, 0.717) is 11.7 Å². The summed E-state index contributed by atoms with van der Waals surface area (Å²) in [6, 6.07) is 9.70. The van der Waals surface area contributed by atoms with Gasteiger partial charge in [-0.25, -0.2) is 0 Å². The van der Waals surface area contributed by atoms with Gasteiger partial charge >= 0.3 is 5.97 Å². The van der Waals surface area contributed by atoms with Gasteiger partial charge in [0.05, 0.1) is 12.0 Å². The second kappa shape index (κ2) is 8.95. The highest BCUT2D eigenvalue weighted by molar-refractivity contribution is 5.75. The van der Waals surface area contributed by atoms with E-state index >= 15 is 0 Å². The number of nitriles is 1. The molecule has 1 aliphatic carbocycles. The first-order valence-electron chi connectivity index (χ1n) is 8.26. The van der Waals surface area contributed by atoms with Crippen LogP contribution in [0.5, 0.6) is 5.75 Å². The molecule has 3 nitrogen and oxygen atoms in total. The summed E-state index contributed by atoms with van der Waals surface area (Å²) >= 11 is 0. The van der Waals surface area contributed by atoms with Gasteiger partial charge in [-0.1, -0.05) is 37.3 Å². The van der Waals surface area contributed by atoms with Crippen LogP contribution < -0.4 is 4.74 Å². The zero-order valence-corrected chi connectivity index (χ0v) is 13.6. The first kappa shape index (κ1) is 17.0. The van der Waals surface area contributed by atoms with Gasteiger partial charge in [0, 0.05) is 6.08 Å². The molecule has 0 heterocycles. The van der Waals surface area contributed by atoms with Crippen LogP contribution >= 0.6 is 0 Å². The van der Waals surface area contributed by atoms with Crippen LogP contribution in [0.15, 0.2) is 48.6 Å². The summed E-state index contributed by atoms with van der Waals surface area (Å²) in [5.41, 5.74) is 1.24. The van der Waals surface area contributed by atoms with Gasteiger partial charge in [-0.05, 0) is 55.7 Å². The quantitative estimate of drug-likeness (QED) is 0.346. The van der Waals surface area contributed by atoms with Crippen molar-refractivity contribution in [2.24, 2.45) is 11.8 Å². The second-order valence-corrected chi connectivity index (χ2v) is 5.90. The molecule has 1 aromatic rings. The first-order valence-corrected chi connectivity index (χ1v) is 8.26. The first-order chi connectivity index (χ1) is 11.2. The summed E-state index contributed by atoms with van der Waals surface area (Å²) < 4.78 is 5.50. The van der Waals surface area contributed by atoms with E-state index in [9.17, 15) is 4.79 Å². The van der Waals surface area contributed by atoms with Gasteiger partial charge in [0.25, 0.3) is 0 Å². The molecular formula is C20H23NO2. The van der Waals surface area contributed by atoms with Crippen LogP contribution in [0, 0.1) is 23.2 Å². The van der Waals surface area contributed by atoms with Gasteiger partial charge < -0.3 is 4.74 Å². The number of allylic oxidation sites excluding steroid dienone is 4. The van der Waals surface area contributed by atoms with E-state index in [1.165, 1.54) is 11.6 Å². The molecule has 0 saturated heterocycles. The third-order valence-electron chi connectivity index (χ3n) is 4.32. The fraction of sp³-hybridized carbons (Fsp3) is 0.400. The van der Waals surface area contributed by atoms with Crippen molar-refractivity contribution in [1.29, 1.82) is 5.26 Å². The summed E-state index contributed by atoms with van der Waals surface area (Å²) in [5.74, 6) is 1.02. The molecule has 0 N–H and O–H groups in total. The molecule has 0 amide bonds. The maximum atomic E-state index is 12.2. The van der Waals surface area contributed by atoms with Gasteiger partial charge in [0.2, 0.25) is 0 Å². The van der Waals surface area contributed by atoms with E-state index in [1.807, 2.05) is 36.4 Å². The van der Waals surface area contributed by atoms with Crippen LogP contribution in [0.1, 0.15) is 38.2 Å². The van der Waals surface area contributed by atoms with E-state index in [4.69, 9.17) is 10.00 Å². The fourth-order valence-corrected chi connectivity index (χ4v) is 2.86. The Morgan fingerprint density at radius 1 is 1.22 bits per heavy atom. The maximum absolute atomic E-state index is 12.2. The normalized spacial score (nSPS) is 21.4. The van der Waals surface area contributed by atoms with E-state index < -0.39 is 0 Å². The summed E-state index contributed by atoms with van der Waals surface area (Å²) in [6.07, 6.45) is 11.9. The minimum Gasteiger partial charge on any atom is -0.426 e. The Balaban J connectivity index is 1.80. The molecule has 120 valence electrons. The number of aryl methyl sites for hydroxylation is 1. The van der Waals surface area contributed by atoms with Gasteiger partial charge in [0.1, 0.15) is 5.75 Å². The highest BCUT2D eigenvalue weighted by atomic mass is 16.5. The van der Waals surface area contributed by atoms with Crippen LogP contribution in [0.4, 0.5) is 0 Å². The van der Waals surface area contributed by atoms with Crippen molar-refractivity contribution in [1.82, 2.24) is 0 Å². The van der Waals surface area contributed by atoms with Crippen LogP contribution in [-0.2, 0) is 11.2 Å². The number of esters is 1. The standard InChI is InChI=1S/C20H23NO2/c1-2-16-9-13-19(14-10-16)23-20(22)18-11-7-17(8-12-18)6-4-3-5-15-21/h3-6,9-10,13-14,17-18H,2,7-8,11-12H2,1H3/t17-,18-. The van der Waals surface area contributed by atoms with Crippen LogP contribution in [-0.4, -0.2) is 5.97 Å². The minimum absolute atomic E-state index is 0.000141. The molecule has 23 heavy (non-hydrogen) atoms. The Kier molecular flexibility index (Phi) is 6.62. The van der Waals surface area contributed by atoms with E-state index in [0.717, 1.165) is 32.1 Å². The highest BCUT2D eigenvalue weighted by Gasteiger charge is 2.26. The molecule has 0 aliphatic heterocycles. The molecule has 1 aliphatic rings. The lowest BCUT2D eigenvalue weighted by molar-refractivity contribution is -0.140. The number of rotatable bonds is 5. The Labute approximate surface area is 138 Å². The van der Waals surface area contributed by atoms with Crippen LogP contribution in [0.3, 0.4) is 0 Å². The van der Waals surface area contributed by atoms with Crippen LogP contribution in [0.2, 0.25) is 0 Å². The molecule has 0 bridgehead atoms. The Morgan fingerprint density at radius 3 is 2.52 bits per heavy atom. The van der Waals surface area contributed by atoms with Crippen molar-refractivity contribution in [2.75, 3.05) is 0 Å². The summed E-state index contributed by atoms with van der Waals surface area (Å²) in [4.78, 5) is 12.2. The molecule has 3 heteroatoms. The van der Waals surface area contributed by atoms with E-state index in [-0.39, 0.29) is 11.9 Å². The summed E-state index contributed by atoms with van der Waals surface area (Å²) in [7, 11) is 0. The van der Waals surface area contributed by atoms with Crippen molar-refractivity contribution < 1.29 is 9.53 Å². The van der Waals surface area contributed by atoms with Crippen molar-refractivity contribution in [3.05, 3.63) is 54.1 Å². The van der Waals surface area contributed by atoms with Crippen LogP contribution in [0.25, 0.3) is 0 Å². The molecular weight excluding hydrogens is 286 g/mol. The average molecular weight is 309 g/mol. The number of hydrogen-bond acceptors (Lipinski definition) is 3. The zero-order chi connectivity index (χ0) is 16.5.